The Morgan fingerprint density at radius 1 is 1.64 bits per heavy atom. The summed E-state index contributed by atoms with van der Waals surface area (Å²) >= 11 is 0. The van der Waals surface area contributed by atoms with Crippen LogP contribution in [0.4, 0.5) is 0 Å². The third-order valence-corrected chi connectivity index (χ3v) is 2.89. The molecular weight excluding hydrogens is 166 g/mol. The van der Waals surface area contributed by atoms with E-state index in [-0.39, 0.29) is 6.04 Å². The van der Waals surface area contributed by atoms with Gasteiger partial charge in [0.1, 0.15) is 0 Å². The molecule has 0 aromatic carbocycles. The van der Waals surface area contributed by atoms with E-state index in [9.17, 15) is 8.42 Å². The fraction of sp³-hybridized carbons (Fsp3) is 1.00. The van der Waals surface area contributed by atoms with Gasteiger partial charge in [0.25, 0.3) is 0 Å². The van der Waals surface area contributed by atoms with E-state index >= 15 is 0 Å². The first-order valence-corrected chi connectivity index (χ1v) is 5.19. The van der Waals surface area contributed by atoms with Gasteiger partial charge in [-0.25, -0.2) is 0 Å². The number of hydrogen-bond acceptors (Lipinski definition) is 2. The van der Waals surface area contributed by atoms with Crippen molar-refractivity contribution >= 4 is 10.3 Å². The average molecular weight is 179 g/mol. The molecule has 0 saturated carbocycles. The summed E-state index contributed by atoms with van der Waals surface area (Å²) in [6, 6.07) is 0.0740. The number of nitrogens with zero attached hydrogens (tertiary/aromatic N) is 1. The molecule has 66 valence electrons. The summed E-state index contributed by atoms with van der Waals surface area (Å²) in [6.07, 6.45) is 2.96. The van der Waals surface area contributed by atoms with Crippen LogP contribution in [-0.2, 0) is 10.3 Å². The van der Waals surface area contributed by atoms with Crippen LogP contribution in [0.1, 0.15) is 26.2 Å². The van der Waals surface area contributed by atoms with Crippen LogP contribution in [0.2, 0.25) is 0 Å². The van der Waals surface area contributed by atoms with E-state index in [1.54, 1.807) is 0 Å². The fourth-order valence-corrected chi connectivity index (χ4v) is 1.96. The summed E-state index contributed by atoms with van der Waals surface area (Å²) < 4.78 is 30.5. The largest absolute Gasteiger partial charge is 0.336 e. The third-order valence-electron chi connectivity index (χ3n) is 1.85. The second-order valence-corrected chi connectivity index (χ2v) is 4.21. The van der Waals surface area contributed by atoms with Gasteiger partial charge in [-0.05, 0) is 6.42 Å². The zero-order valence-corrected chi connectivity index (χ0v) is 7.34. The summed E-state index contributed by atoms with van der Waals surface area (Å²) in [4.78, 5) is 0. The highest BCUT2D eigenvalue weighted by Crippen LogP contribution is 2.25. The molecule has 0 bridgehead atoms. The Kier molecular flexibility index (Phi) is 2.51. The minimum absolute atomic E-state index is 0.0740. The highest BCUT2D eigenvalue weighted by molar-refractivity contribution is 7.83. The maximum Gasteiger partial charge on any atom is 0.336 e. The zero-order chi connectivity index (χ0) is 8.48. The lowest BCUT2D eigenvalue weighted by atomic mass is 10.2. The predicted molar refractivity (Wildman–Crippen MR) is 41.6 cm³/mol. The minimum atomic E-state index is -3.88. The van der Waals surface area contributed by atoms with Gasteiger partial charge in [-0.2, -0.15) is 12.7 Å². The molecule has 0 aromatic rings. The first-order chi connectivity index (χ1) is 5.05. The SMILES string of the molecule is CCCCC1CN1S(=O)(=O)O. The van der Waals surface area contributed by atoms with Crippen LogP contribution in [0, 0.1) is 0 Å². The Labute approximate surface area is 67.1 Å². The van der Waals surface area contributed by atoms with Gasteiger partial charge in [0.15, 0.2) is 0 Å². The molecule has 1 heterocycles. The second-order valence-electron chi connectivity index (χ2n) is 2.84. The first-order valence-electron chi connectivity index (χ1n) is 3.80. The Balaban J connectivity index is 2.27. The van der Waals surface area contributed by atoms with Gasteiger partial charge in [-0.15, -0.1) is 0 Å². The van der Waals surface area contributed by atoms with Crippen LogP contribution in [0.5, 0.6) is 0 Å². The third kappa shape index (κ3) is 2.43. The number of hydrogen-bond donors (Lipinski definition) is 1. The normalized spacial score (nSPS) is 30.4. The lowest BCUT2D eigenvalue weighted by molar-refractivity contribution is 0.436. The van der Waals surface area contributed by atoms with Crippen molar-refractivity contribution in [3.63, 3.8) is 0 Å². The van der Waals surface area contributed by atoms with E-state index in [0.717, 1.165) is 23.6 Å². The molecule has 2 unspecified atom stereocenters. The van der Waals surface area contributed by atoms with E-state index in [1.165, 1.54) is 0 Å². The molecule has 1 aliphatic heterocycles. The molecule has 1 rings (SSSR count). The lowest BCUT2D eigenvalue weighted by Gasteiger charge is -1.96. The van der Waals surface area contributed by atoms with Crippen molar-refractivity contribution in [3.8, 4) is 0 Å². The van der Waals surface area contributed by atoms with E-state index in [4.69, 9.17) is 4.55 Å². The van der Waals surface area contributed by atoms with Gasteiger partial charge in [-0.3, -0.25) is 4.55 Å². The quantitative estimate of drug-likeness (QED) is 0.509. The number of unbranched alkanes of at least 4 members (excludes halogenated alkanes) is 1. The van der Waals surface area contributed by atoms with Crippen molar-refractivity contribution in [1.29, 1.82) is 0 Å². The predicted octanol–water partition coefficient (Wildman–Crippen LogP) is 0.664. The van der Waals surface area contributed by atoms with E-state index in [1.807, 2.05) is 0 Å². The summed E-state index contributed by atoms with van der Waals surface area (Å²) in [5.74, 6) is 0. The molecule has 1 N–H and O–H groups in total. The Morgan fingerprint density at radius 3 is 2.64 bits per heavy atom. The number of rotatable bonds is 4. The second kappa shape index (κ2) is 3.08. The van der Waals surface area contributed by atoms with E-state index in [0.29, 0.717) is 6.54 Å². The Morgan fingerprint density at radius 2 is 2.27 bits per heavy atom. The van der Waals surface area contributed by atoms with Gasteiger partial charge in [0.05, 0.1) is 0 Å². The summed E-state index contributed by atoms with van der Waals surface area (Å²) in [6.45, 7) is 2.55. The Bertz CT molecular complexity index is 224. The molecule has 2 atom stereocenters. The topological polar surface area (TPSA) is 57.4 Å². The van der Waals surface area contributed by atoms with Crippen LogP contribution < -0.4 is 0 Å². The van der Waals surface area contributed by atoms with Crippen LogP contribution in [0.3, 0.4) is 0 Å². The fourth-order valence-electron chi connectivity index (χ4n) is 1.12. The summed E-state index contributed by atoms with van der Waals surface area (Å²) in [5.41, 5.74) is 0. The maximum atomic E-state index is 10.4. The zero-order valence-electron chi connectivity index (χ0n) is 6.52. The van der Waals surface area contributed by atoms with Crippen molar-refractivity contribution in [2.75, 3.05) is 6.54 Å². The average Bonchev–Trinajstić information content (AvgIpc) is 2.60. The van der Waals surface area contributed by atoms with E-state index in [2.05, 4.69) is 6.92 Å². The molecule has 1 saturated heterocycles. The molecule has 0 spiro atoms. The smallest absolute Gasteiger partial charge is 0.273 e. The molecule has 1 fully saturated rings. The minimum Gasteiger partial charge on any atom is -0.273 e. The van der Waals surface area contributed by atoms with Crippen LogP contribution in [0.15, 0.2) is 0 Å². The van der Waals surface area contributed by atoms with Crippen molar-refractivity contribution in [3.05, 3.63) is 0 Å². The van der Waals surface area contributed by atoms with Gasteiger partial charge >= 0.3 is 10.3 Å². The summed E-state index contributed by atoms with van der Waals surface area (Å²) in [7, 11) is -3.88. The summed E-state index contributed by atoms with van der Waals surface area (Å²) in [5, 5.41) is 0. The molecule has 1 aliphatic rings. The lowest BCUT2D eigenvalue weighted by Crippen LogP contribution is -2.12. The molecule has 0 aliphatic carbocycles. The molecule has 5 heteroatoms. The van der Waals surface area contributed by atoms with Crippen LogP contribution in [-0.4, -0.2) is 29.9 Å². The highest BCUT2D eigenvalue weighted by atomic mass is 32.2. The monoisotopic (exact) mass is 179 g/mol. The van der Waals surface area contributed by atoms with Gasteiger partial charge < -0.3 is 0 Å². The van der Waals surface area contributed by atoms with Gasteiger partial charge in [0, 0.05) is 12.6 Å². The van der Waals surface area contributed by atoms with Gasteiger partial charge in [-0.1, -0.05) is 19.8 Å². The van der Waals surface area contributed by atoms with Crippen molar-refractivity contribution in [1.82, 2.24) is 4.31 Å². The first kappa shape index (κ1) is 8.96. The van der Waals surface area contributed by atoms with Crippen molar-refractivity contribution < 1.29 is 13.0 Å². The Hall–Kier alpha value is -0.130. The highest BCUT2D eigenvalue weighted by Gasteiger charge is 2.42. The van der Waals surface area contributed by atoms with E-state index < -0.39 is 10.3 Å². The molecule has 0 aromatic heterocycles. The van der Waals surface area contributed by atoms with Crippen LogP contribution in [0.25, 0.3) is 0 Å². The molecular formula is C6H13NO3S. The van der Waals surface area contributed by atoms with Crippen molar-refractivity contribution in [2.45, 2.75) is 32.2 Å². The van der Waals surface area contributed by atoms with Crippen molar-refractivity contribution in [2.24, 2.45) is 0 Å². The van der Waals surface area contributed by atoms with Crippen LogP contribution >= 0.6 is 0 Å². The standard InChI is InChI=1S/C6H13NO3S/c1-2-3-4-6-5-7(6)11(8,9)10/h6H,2-5H2,1H3,(H,8,9,10). The molecule has 0 amide bonds. The maximum absolute atomic E-state index is 10.4. The van der Waals surface area contributed by atoms with Gasteiger partial charge in [0.2, 0.25) is 0 Å². The molecule has 4 nitrogen and oxygen atoms in total. The molecule has 0 radical (unpaired) electrons. The molecule has 11 heavy (non-hydrogen) atoms.